The number of nitrogens with zero attached hydrogens (tertiary/aromatic N) is 1. The Morgan fingerprint density at radius 1 is 1.23 bits per heavy atom. The van der Waals surface area contributed by atoms with Crippen LogP contribution in [-0.2, 0) is 16.4 Å². The van der Waals surface area contributed by atoms with Gasteiger partial charge in [0.05, 0.1) is 17.8 Å². The summed E-state index contributed by atoms with van der Waals surface area (Å²) in [5.41, 5.74) is 2.78. The van der Waals surface area contributed by atoms with Crippen molar-refractivity contribution in [2.24, 2.45) is 5.92 Å². The van der Waals surface area contributed by atoms with Crippen LogP contribution in [0.1, 0.15) is 19.0 Å². The maximum absolute atomic E-state index is 12.2. The lowest BCUT2D eigenvalue weighted by molar-refractivity contribution is 0.268. The fraction of sp³-hybridized carbons (Fsp3) is 0.400. The van der Waals surface area contributed by atoms with Gasteiger partial charge in [0.25, 0.3) is 0 Å². The first-order valence-corrected chi connectivity index (χ1v) is 10.7. The second kappa shape index (κ2) is 6.59. The number of rotatable bonds is 6. The minimum atomic E-state index is -3.26. The Labute approximate surface area is 154 Å². The summed E-state index contributed by atoms with van der Waals surface area (Å²) < 4.78 is 29.9. The van der Waals surface area contributed by atoms with Crippen LogP contribution in [0.15, 0.2) is 47.4 Å². The maximum atomic E-state index is 12.2. The van der Waals surface area contributed by atoms with E-state index < -0.39 is 9.84 Å². The smallest absolute Gasteiger partial charge is 0.178 e. The molecule has 26 heavy (non-hydrogen) atoms. The molecule has 1 aliphatic carbocycles. The zero-order chi connectivity index (χ0) is 18.3. The molecule has 5 nitrogen and oxygen atoms in total. The van der Waals surface area contributed by atoms with Crippen molar-refractivity contribution < 1.29 is 13.2 Å². The van der Waals surface area contributed by atoms with Crippen molar-refractivity contribution in [3.63, 3.8) is 0 Å². The molecule has 1 saturated heterocycles. The highest BCUT2D eigenvalue weighted by atomic mass is 32.2. The highest BCUT2D eigenvalue weighted by molar-refractivity contribution is 7.91. The number of fused-ring (bicyclic) bond motifs is 2. The molecule has 6 heteroatoms. The Morgan fingerprint density at radius 3 is 2.73 bits per heavy atom. The van der Waals surface area contributed by atoms with E-state index in [9.17, 15) is 8.42 Å². The van der Waals surface area contributed by atoms with Crippen molar-refractivity contribution >= 4 is 9.84 Å². The van der Waals surface area contributed by atoms with Crippen LogP contribution in [0, 0.1) is 5.92 Å². The molecule has 2 aromatic rings. The molecule has 1 N–H and O–H groups in total. The third-order valence-electron chi connectivity index (χ3n) is 5.41. The molecule has 2 unspecified atom stereocenters. The van der Waals surface area contributed by atoms with Crippen molar-refractivity contribution in [3.8, 4) is 17.0 Å². The Balaban J connectivity index is 1.62. The van der Waals surface area contributed by atoms with E-state index in [2.05, 4.69) is 28.1 Å². The number of aromatic amines is 1. The number of ether oxygens (including phenoxy) is 1. The van der Waals surface area contributed by atoms with Gasteiger partial charge in [0, 0.05) is 36.1 Å². The van der Waals surface area contributed by atoms with Gasteiger partial charge in [-0.2, -0.15) is 0 Å². The van der Waals surface area contributed by atoms with E-state index in [1.54, 1.807) is 32.2 Å². The standard InChI is InChI=1S/C20H24N2O3S/c1-3-26(23,24)17-7-9-20(25-2)18(11-17)19-8-5-15(21-19)13-22-12-14-4-6-16(22)10-14/h4-9,11,14,16,21H,3,10,12-13H2,1-2H3. The van der Waals surface area contributed by atoms with Crippen molar-refractivity contribution in [2.45, 2.75) is 30.8 Å². The summed E-state index contributed by atoms with van der Waals surface area (Å²) in [5, 5.41) is 0. The van der Waals surface area contributed by atoms with Gasteiger partial charge in [0.15, 0.2) is 9.84 Å². The van der Waals surface area contributed by atoms with Gasteiger partial charge in [-0.15, -0.1) is 0 Å². The molecule has 0 saturated carbocycles. The molecule has 2 atom stereocenters. The Hall–Kier alpha value is -2.05. The van der Waals surface area contributed by atoms with E-state index in [0.717, 1.165) is 30.0 Å². The van der Waals surface area contributed by atoms with Gasteiger partial charge in [-0.25, -0.2) is 8.42 Å². The second-order valence-electron chi connectivity index (χ2n) is 7.04. The lowest BCUT2D eigenvalue weighted by Gasteiger charge is -2.22. The number of hydrogen-bond donors (Lipinski definition) is 1. The van der Waals surface area contributed by atoms with Crippen LogP contribution in [0.2, 0.25) is 0 Å². The monoisotopic (exact) mass is 372 g/mol. The molecule has 1 aromatic heterocycles. The highest BCUT2D eigenvalue weighted by Crippen LogP contribution is 2.34. The Kier molecular flexibility index (Phi) is 4.40. The van der Waals surface area contributed by atoms with E-state index >= 15 is 0 Å². The molecular weight excluding hydrogens is 348 g/mol. The van der Waals surface area contributed by atoms with Crippen LogP contribution >= 0.6 is 0 Å². The van der Waals surface area contributed by atoms with E-state index in [1.807, 2.05) is 6.07 Å². The molecule has 1 fully saturated rings. The SMILES string of the molecule is CCS(=O)(=O)c1ccc(OC)c(-c2ccc(CN3CC4C=CC3C4)[nH]2)c1. The zero-order valence-corrected chi connectivity index (χ0v) is 15.9. The topological polar surface area (TPSA) is 62.4 Å². The van der Waals surface area contributed by atoms with Crippen molar-refractivity contribution in [1.82, 2.24) is 9.88 Å². The molecule has 2 heterocycles. The Morgan fingerprint density at radius 2 is 2.08 bits per heavy atom. The van der Waals surface area contributed by atoms with E-state index in [4.69, 9.17) is 4.74 Å². The maximum Gasteiger partial charge on any atom is 0.178 e. The summed E-state index contributed by atoms with van der Waals surface area (Å²) >= 11 is 0. The van der Waals surface area contributed by atoms with Gasteiger partial charge >= 0.3 is 0 Å². The fourth-order valence-electron chi connectivity index (χ4n) is 3.94. The summed E-state index contributed by atoms with van der Waals surface area (Å²) in [6, 6.07) is 9.67. The number of benzene rings is 1. The lowest BCUT2D eigenvalue weighted by Crippen LogP contribution is -2.29. The molecule has 2 aliphatic rings. The summed E-state index contributed by atoms with van der Waals surface area (Å²) in [5.74, 6) is 1.45. The summed E-state index contributed by atoms with van der Waals surface area (Å²) in [6.07, 6.45) is 5.87. The van der Waals surface area contributed by atoms with Gasteiger partial charge in [0.1, 0.15) is 5.75 Å². The molecular formula is C20H24N2O3S. The number of H-pyrrole nitrogens is 1. The van der Waals surface area contributed by atoms with E-state index in [1.165, 1.54) is 6.42 Å². The van der Waals surface area contributed by atoms with Crippen molar-refractivity contribution in [1.29, 1.82) is 0 Å². The van der Waals surface area contributed by atoms with Crippen LogP contribution in [-0.4, -0.2) is 43.8 Å². The number of aromatic nitrogens is 1. The van der Waals surface area contributed by atoms with Crippen molar-refractivity contribution in [2.75, 3.05) is 19.4 Å². The van der Waals surface area contributed by atoms with Crippen LogP contribution < -0.4 is 4.74 Å². The molecule has 138 valence electrons. The number of likely N-dealkylation sites (tertiary alicyclic amines) is 1. The molecule has 0 spiro atoms. The third-order valence-corrected chi connectivity index (χ3v) is 7.14. The largest absolute Gasteiger partial charge is 0.496 e. The molecule has 1 aliphatic heterocycles. The minimum absolute atomic E-state index is 0.0831. The number of nitrogens with one attached hydrogen (secondary N) is 1. The molecule has 0 radical (unpaired) electrons. The van der Waals surface area contributed by atoms with E-state index in [0.29, 0.717) is 22.6 Å². The molecule has 4 rings (SSSR count). The first kappa shape index (κ1) is 17.4. The second-order valence-corrected chi connectivity index (χ2v) is 9.32. The summed E-state index contributed by atoms with van der Waals surface area (Å²) in [7, 11) is -1.66. The van der Waals surface area contributed by atoms with Crippen LogP contribution in [0.3, 0.4) is 0 Å². The van der Waals surface area contributed by atoms with Gasteiger partial charge < -0.3 is 9.72 Å². The number of sulfone groups is 1. The minimum Gasteiger partial charge on any atom is -0.496 e. The predicted octanol–water partition coefficient (Wildman–Crippen LogP) is 3.24. The predicted molar refractivity (Wildman–Crippen MR) is 102 cm³/mol. The van der Waals surface area contributed by atoms with Gasteiger partial charge in [-0.1, -0.05) is 19.1 Å². The highest BCUT2D eigenvalue weighted by Gasteiger charge is 2.33. The van der Waals surface area contributed by atoms with Crippen LogP contribution in [0.25, 0.3) is 11.3 Å². The van der Waals surface area contributed by atoms with Crippen LogP contribution in [0.4, 0.5) is 0 Å². The Bertz CT molecular complexity index is 946. The number of hydrogen-bond acceptors (Lipinski definition) is 4. The summed E-state index contributed by atoms with van der Waals surface area (Å²) in [6.45, 7) is 3.65. The first-order chi connectivity index (χ1) is 12.5. The molecule has 1 aromatic carbocycles. The van der Waals surface area contributed by atoms with Gasteiger partial charge in [-0.3, -0.25) is 4.90 Å². The zero-order valence-electron chi connectivity index (χ0n) is 15.1. The average Bonchev–Trinajstić information content (AvgIpc) is 3.38. The van der Waals surface area contributed by atoms with Crippen LogP contribution in [0.5, 0.6) is 5.75 Å². The number of methoxy groups -OCH3 is 1. The van der Waals surface area contributed by atoms with Gasteiger partial charge in [0.2, 0.25) is 0 Å². The third kappa shape index (κ3) is 3.08. The van der Waals surface area contributed by atoms with Crippen molar-refractivity contribution in [3.05, 3.63) is 48.2 Å². The normalized spacial score (nSPS) is 22.2. The van der Waals surface area contributed by atoms with Gasteiger partial charge in [-0.05, 0) is 42.7 Å². The first-order valence-electron chi connectivity index (χ1n) is 9.01. The summed E-state index contributed by atoms with van der Waals surface area (Å²) in [4.78, 5) is 6.26. The fourth-order valence-corrected chi connectivity index (χ4v) is 4.85. The molecule has 2 bridgehead atoms. The quantitative estimate of drug-likeness (QED) is 0.791. The lowest BCUT2D eigenvalue weighted by atomic mass is 10.1. The molecule has 0 amide bonds. The average molecular weight is 372 g/mol. The van der Waals surface area contributed by atoms with E-state index in [-0.39, 0.29) is 5.75 Å².